The van der Waals surface area contributed by atoms with E-state index >= 15 is 0 Å². The average Bonchev–Trinajstić information content (AvgIpc) is 3.02. The van der Waals surface area contributed by atoms with E-state index in [2.05, 4.69) is 44.2 Å². The number of carbonyl (C=O) groups excluding carboxylic acids is 1. The van der Waals surface area contributed by atoms with E-state index in [4.69, 9.17) is 0 Å². The van der Waals surface area contributed by atoms with Gasteiger partial charge in [0.2, 0.25) is 5.91 Å². The normalized spacial score (nSPS) is 21.7. The van der Waals surface area contributed by atoms with E-state index in [0.717, 1.165) is 32.5 Å². The molecule has 0 radical (unpaired) electrons. The van der Waals surface area contributed by atoms with E-state index in [0.29, 0.717) is 18.0 Å². The largest absolute Gasteiger partial charge is 0.354 e. The molecular weight excluding hydrogens is 400 g/mol. The fourth-order valence-electron chi connectivity index (χ4n) is 4.02. The number of nitrogens with one attached hydrogen (secondary N) is 2. The van der Waals surface area contributed by atoms with Crippen LogP contribution in [0.15, 0.2) is 64.5 Å². The van der Waals surface area contributed by atoms with Crippen LogP contribution in [-0.2, 0) is 21.4 Å². The van der Waals surface area contributed by atoms with Crippen LogP contribution in [0.4, 0.5) is 0 Å². The second-order valence-corrected chi connectivity index (χ2v) is 9.45. The molecule has 1 saturated heterocycles. The van der Waals surface area contributed by atoms with Gasteiger partial charge in [-0.3, -0.25) is 19.4 Å². The monoisotopic (exact) mass is 426 g/mol. The summed E-state index contributed by atoms with van der Waals surface area (Å²) < 4.78 is 26.6. The number of piperidine rings is 1. The van der Waals surface area contributed by atoms with E-state index in [-0.39, 0.29) is 23.2 Å². The molecule has 2 aromatic rings. The number of amides is 1. The van der Waals surface area contributed by atoms with E-state index in [9.17, 15) is 13.2 Å². The van der Waals surface area contributed by atoms with Gasteiger partial charge in [0, 0.05) is 25.2 Å². The third kappa shape index (κ3) is 4.88. The first-order valence-corrected chi connectivity index (χ1v) is 11.7. The minimum absolute atomic E-state index is 0.105. The van der Waals surface area contributed by atoms with Crippen LogP contribution in [-0.4, -0.2) is 51.2 Å². The number of hydrogen-bond acceptors (Lipinski definition) is 5. The fraction of sp³-hybridized carbons (Fsp3) is 0.364. The van der Waals surface area contributed by atoms with Gasteiger partial charge < -0.3 is 5.32 Å². The molecule has 2 aliphatic rings. The maximum Gasteiger partial charge on any atom is 0.263 e. The van der Waals surface area contributed by atoms with Gasteiger partial charge >= 0.3 is 0 Å². The van der Waals surface area contributed by atoms with Crippen LogP contribution in [0.1, 0.15) is 24.0 Å². The lowest BCUT2D eigenvalue weighted by atomic mass is 9.97. The van der Waals surface area contributed by atoms with Gasteiger partial charge in [0.25, 0.3) is 10.0 Å². The van der Waals surface area contributed by atoms with E-state index < -0.39 is 10.0 Å². The summed E-state index contributed by atoms with van der Waals surface area (Å²) in [6, 6.07) is 17.1. The topological polar surface area (TPSA) is 90.9 Å². The third-order valence-corrected chi connectivity index (χ3v) is 6.88. The number of benzene rings is 2. The highest BCUT2D eigenvalue weighted by Gasteiger charge is 2.30. The first-order valence-electron chi connectivity index (χ1n) is 10.2. The molecule has 30 heavy (non-hydrogen) atoms. The molecule has 0 spiro atoms. The number of nitrogens with zero attached hydrogens (tertiary/aromatic N) is 2. The van der Waals surface area contributed by atoms with E-state index in [1.807, 2.05) is 6.07 Å². The smallest absolute Gasteiger partial charge is 0.263 e. The Balaban J connectivity index is 1.28. The van der Waals surface area contributed by atoms with Gasteiger partial charge in [0.05, 0.1) is 4.90 Å². The van der Waals surface area contributed by atoms with E-state index in [1.54, 1.807) is 18.2 Å². The molecule has 2 heterocycles. The minimum Gasteiger partial charge on any atom is -0.354 e. The van der Waals surface area contributed by atoms with Gasteiger partial charge in [-0.25, -0.2) is 8.42 Å². The highest BCUT2D eigenvalue weighted by molar-refractivity contribution is 7.90. The molecular formula is C22H26N4O3S. The lowest BCUT2D eigenvalue weighted by Gasteiger charge is -2.32. The van der Waals surface area contributed by atoms with Crippen LogP contribution in [0.5, 0.6) is 0 Å². The second-order valence-electron chi connectivity index (χ2n) is 7.80. The molecule has 0 bridgehead atoms. The number of hydrogen-bond donors (Lipinski definition) is 2. The predicted octanol–water partition coefficient (Wildman–Crippen LogP) is 1.75. The van der Waals surface area contributed by atoms with E-state index in [1.165, 1.54) is 11.6 Å². The number of fused-ring (bicyclic) bond motifs is 1. The Hall–Kier alpha value is -2.71. The number of aliphatic imine (C=N–C) groups is 1. The summed E-state index contributed by atoms with van der Waals surface area (Å²) >= 11 is 0. The lowest BCUT2D eigenvalue weighted by molar-refractivity contribution is -0.119. The number of likely N-dealkylation sites (tertiary alicyclic amines) is 1. The van der Waals surface area contributed by atoms with Crippen LogP contribution in [0.25, 0.3) is 0 Å². The van der Waals surface area contributed by atoms with Crippen molar-refractivity contribution in [2.75, 3.05) is 26.2 Å². The SMILES string of the molecule is O=C(CN=C1NS(=O)(=O)c2ccccc21)NC[C@H]1CCCN(Cc2ccccc2)C1. The first kappa shape index (κ1) is 20.6. The quantitative estimate of drug-likeness (QED) is 0.736. The number of carbonyl (C=O) groups is 1. The molecule has 0 aliphatic carbocycles. The molecule has 4 rings (SSSR count). The van der Waals surface area contributed by atoms with Gasteiger partial charge in [-0.15, -0.1) is 0 Å². The highest BCUT2D eigenvalue weighted by Crippen LogP contribution is 2.22. The zero-order chi connectivity index (χ0) is 21.0. The van der Waals surface area contributed by atoms with Crippen LogP contribution in [0.3, 0.4) is 0 Å². The molecule has 0 saturated carbocycles. The Morgan fingerprint density at radius 2 is 1.90 bits per heavy atom. The Morgan fingerprint density at radius 3 is 2.73 bits per heavy atom. The average molecular weight is 427 g/mol. The first-order chi connectivity index (χ1) is 14.5. The molecule has 0 unspecified atom stereocenters. The van der Waals surface area contributed by atoms with Crippen molar-refractivity contribution >= 4 is 21.8 Å². The summed E-state index contributed by atoms with van der Waals surface area (Å²) in [5.41, 5.74) is 1.81. The maximum atomic E-state index is 12.3. The zero-order valence-electron chi connectivity index (χ0n) is 16.8. The Morgan fingerprint density at radius 1 is 1.13 bits per heavy atom. The molecule has 1 fully saturated rings. The summed E-state index contributed by atoms with van der Waals surface area (Å²) in [5, 5.41) is 2.96. The predicted molar refractivity (Wildman–Crippen MR) is 116 cm³/mol. The molecule has 7 nitrogen and oxygen atoms in total. The maximum absolute atomic E-state index is 12.3. The highest BCUT2D eigenvalue weighted by atomic mass is 32.2. The van der Waals surface area contributed by atoms with Crippen molar-refractivity contribution in [1.82, 2.24) is 14.9 Å². The van der Waals surface area contributed by atoms with Crippen LogP contribution < -0.4 is 10.0 Å². The van der Waals surface area contributed by atoms with Crippen molar-refractivity contribution in [3.63, 3.8) is 0 Å². The van der Waals surface area contributed by atoms with Crippen molar-refractivity contribution < 1.29 is 13.2 Å². The Labute approximate surface area is 177 Å². The third-order valence-electron chi connectivity index (χ3n) is 5.48. The summed E-state index contributed by atoms with van der Waals surface area (Å²) in [4.78, 5) is 19.1. The zero-order valence-corrected chi connectivity index (χ0v) is 17.6. The molecule has 158 valence electrons. The van der Waals surface area contributed by atoms with Gasteiger partial charge in [0.1, 0.15) is 12.4 Å². The summed E-state index contributed by atoms with van der Waals surface area (Å²) in [7, 11) is -3.58. The molecule has 0 aromatic heterocycles. The van der Waals surface area contributed by atoms with Crippen LogP contribution >= 0.6 is 0 Å². The molecule has 1 atom stereocenters. The summed E-state index contributed by atoms with van der Waals surface area (Å²) in [5.74, 6) is 0.434. The van der Waals surface area contributed by atoms with Crippen molar-refractivity contribution in [3.8, 4) is 0 Å². The number of rotatable bonds is 6. The van der Waals surface area contributed by atoms with Crippen molar-refractivity contribution in [1.29, 1.82) is 0 Å². The van der Waals surface area contributed by atoms with Crippen molar-refractivity contribution in [2.24, 2.45) is 10.9 Å². The molecule has 2 N–H and O–H groups in total. The summed E-state index contributed by atoms with van der Waals surface area (Å²) in [6.07, 6.45) is 2.21. The Bertz CT molecular complexity index is 1040. The molecule has 1 amide bonds. The number of sulfonamides is 1. The lowest BCUT2D eigenvalue weighted by Crippen LogP contribution is -2.41. The second kappa shape index (κ2) is 8.97. The molecule has 2 aromatic carbocycles. The molecule has 2 aliphatic heterocycles. The standard InChI is InChI=1S/C22H26N4O3S/c27-21(14-24-22-19-10-4-5-11-20(19)30(28,29)25-22)23-13-18-9-6-12-26(16-18)15-17-7-2-1-3-8-17/h1-5,7-8,10-11,18H,6,9,12-16H2,(H,23,27)(H,24,25)/t18-/m1/s1. The minimum atomic E-state index is -3.58. The van der Waals surface area contributed by atoms with Crippen LogP contribution in [0.2, 0.25) is 0 Å². The van der Waals surface area contributed by atoms with Gasteiger partial charge in [-0.1, -0.05) is 42.5 Å². The van der Waals surface area contributed by atoms with Crippen LogP contribution in [0, 0.1) is 5.92 Å². The van der Waals surface area contributed by atoms with Crippen molar-refractivity contribution in [3.05, 3.63) is 65.7 Å². The summed E-state index contributed by atoms with van der Waals surface area (Å²) in [6.45, 7) is 3.46. The molecule has 8 heteroatoms. The van der Waals surface area contributed by atoms with Gasteiger partial charge in [-0.05, 0) is 43.0 Å². The van der Waals surface area contributed by atoms with Gasteiger partial charge in [-0.2, -0.15) is 0 Å². The Kier molecular flexibility index (Phi) is 6.15. The van der Waals surface area contributed by atoms with Gasteiger partial charge in [0.15, 0.2) is 0 Å². The number of amidine groups is 1. The van der Waals surface area contributed by atoms with Crippen molar-refractivity contribution in [2.45, 2.75) is 24.3 Å². The fourth-order valence-corrected chi connectivity index (χ4v) is 5.27.